The minimum Gasteiger partial charge on any atom is -0.344 e. The second-order valence-electron chi connectivity index (χ2n) is 6.13. The molecule has 0 amide bonds. The topological polar surface area (TPSA) is 66.6 Å². The number of thiazole rings is 1. The zero-order valence-corrected chi connectivity index (χ0v) is 15.7. The minimum absolute atomic E-state index is 0.00259. The molecule has 1 fully saturated rings. The summed E-state index contributed by atoms with van der Waals surface area (Å²) >= 11 is 3.20. The molecular weight excluding hydrogens is 356 g/mol. The van der Waals surface area contributed by atoms with E-state index in [1.165, 1.54) is 11.3 Å². The monoisotopic (exact) mass is 376 g/mol. The maximum atomic E-state index is 12.1. The average molecular weight is 377 g/mol. The lowest BCUT2D eigenvalue weighted by molar-refractivity contribution is 0.247. The first-order valence-corrected chi connectivity index (χ1v) is 10.2. The van der Waals surface area contributed by atoms with Gasteiger partial charge in [0.25, 0.3) is 5.56 Å². The van der Waals surface area contributed by atoms with Gasteiger partial charge in [0.2, 0.25) is 5.13 Å². The van der Waals surface area contributed by atoms with E-state index in [2.05, 4.69) is 31.9 Å². The van der Waals surface area contributed by atoms with Gasteiger partial charge >= 0.3 is 0 Å². The van der Waals surface area contributed by atoms with E-state index < -0.39 is 0 Å². The Morgan fingerprint density at radius 2 is 2.04 bits per heavy atom. The van der Waals surface area contributed by atoms with Gasteiger partial charge in [-0.1, -0.05) is 18.3 Å². The zero-order valence-electron chi connectivity index (χ0n) is 14.1. The van der Waals surface area contributed by atoms with Gasteiger partial charge in [0.05, 0.1) is 5.69 Å². The molecule has 25 heavy (non-hydrogen) atoms. The smallest absolute Gasteiger partial charge is 0.258 e. The number of piperazine rings is 1. The van der Waals surface area contributed by atoms with Crippen LogP contribution < -0.4 is 10.5 Å². The minimum atomic E-state index is -0.00259. The van der Waals surface area contributed by atoms with Crippen LogP contribution in [0.25, 0.3) is 4.96 Å². The van der Waals surface area contributed by atoms with E-state index in [-0.39, 0.29) is 5.56 Å². The number of hydrogen-bond donors (Lipinski definition) is 0. The lowest BCUT2D eigenvalue weighted by Crippen LogP contribution is -2.46. The fourth-order valence-corrected chi connectivity index (χ4v) is 4.71. The summed E-state index contributed by atoms with van der Waals surface area (Å²) in [5, 5.41) is 12.6. The lowest BCUT2D eigenvalue weighted by atomic mass is 10.3. The quantitative estimate of drug-likeness (QED) is 0.677. The van der Waals surface area contributed by atoms with Crippen LogP contribution in [0, 0.1) is 0 Å². The number of aromatic nitrogens is 4. The van der Waals surface area contributed by atoms with Crippen LogP contribution in [-0.4, -0.2) is 50.7 Å². The highest BCUT2D eigenvalue weighted by Gasteiger charge is 2.20. The van der Waals surface area contributed by atoms with E-state index in [0.717, 1.165) is 59.8 Å². The summed E-state index contributed by atoms with van der Waals surface area (Å²) in [5.74, 6) is 0. The fourth-order valence-electron chi connectivity index (χ4n) is 2.98. The Kier molecular flexibility index (Phi) is 4.78. The molecule has 1 aliphatic heterocycles. The highest BCUT2D eigenvalue weighted by atomic mass is 32.1. The molecule has 4 heterocycles. The van der Waals surface area contributed by atoms with E-state index in [9.17, 15) is 4.79 Å². The number of aryl methyl sites for hydroxylation is 1. The molecule has 0 radical (unpaired) electrons. The number of nitrogens with zero attached hydrogens (tertiary/aromatic N) is 6. The van der Waals surface area contributed by atoms with Crippen molar-refractivity contribution in [3.63, 3.8) is 0 Å². The summed E-state index contributed by atoms with van der Waals surface area (Å²) < 4.78 is 1.59. The van der Waals surface area contributed by atoms with Crippen LogP contribution in [0.3, 0.4) is 0 Å². The Bertz CT molecular complexity index is 909. The highest BCUT2D eigenvalue weighted by Crippen LogP contribution is 2.22. The summed E-state index contributed by atoms with van der Waals surface area (Å²) in [7, 11) is 0. The molecule has 132 valence electrons. The van der Waals surface area contributed by atoms with Gasteiger partial charge in [-0.3, -0.25) is 14.1 Å². The molecule has 1 saturated heterocycles. The molecule has 1 aliphatic rings. The van der Waals surface area contributed by atoms with E-state index in [1.54, 1.807) is 28.0 Å². The summed E-state index contributed by atoms with van der Waals surface area (Å²) in [6.45, 7) is 6.62. The molecule has 0 N–H and O–H groups in total. The molecule has 0 aromatic carbocycles. The van der Waals surface area contributed by atoms with Crippen molar-refractivity contribution in [3.8, 4) is 0 Å². The van der Waals surface area contributed by atoms with Gasteiger partial charge < -0.3 is 4.90 Å². The first-order chi connectivity index (χ1) is 12.2. The molecule has 0 spiro atoms. The molecule has 3 aromatic rings. The number of fused-ring (bicyclic) bond motifs is 1. The SMILES string of the molecule is CCCc1nnc(N2CCN(Cc3cc(=O)n4ccsc4n3)CC2)s1. The van der Waals surface area contributed by atoms with E-state index >= 15 is 0 Å². The van der Waals surface area contributed by atoms with Crippen LogP contribution in [0.5, 0.6) is 0 Å². The van der Waals surface area contributed by atoms with Crippen molar-refractivity contribution in [1.29, 1.82) is 0 Å². The summed E-state index contributed by atoms with van der Waals surface area (Å²) in [6.07, 6.45) is 3.88. The van der Waals surface area contributed by atoms with Crippen LogP contribution in [-0.2, 0) is 13.0 Å². The normalized spacial score (nSPS) is 16.0. The average Bonchev–Trinajstić information content (AvgIpc) is 3.25. The first-order valence-electron chi connectivity index (χ1n) is 8.48. The van der Waals surface area contributed by atoms with Crippen molar-refractivity contribution in [2.24, 2.45) is 0 Å². The van der Waals surface area contributed by atoms with Crippen molar-refractivity contribution in [3.05, 3.63) is 38.7 Å². The van der Waals surface area contributed by atoms with Gasteiger partial charge in [0.15, 0.2) is 4.96 Å². The first kappa shape index (κ1) is 16.6. The number of anilines is 1. The van der Waals surface area contributed by atoms with Crippen molar-refractivity contribution in [1.82, 2.24) is 24.5 Å². The van der Waals surface area contributed by atoms with Crippen molar-refractivity contribution in [2.75, 3.05) is 31.1 Å². The molecule has 0 bridgehead atoms. The molecule has 9 heteroatoms. The third-order valence-electron chi connectivity index (χ3n) is 4.30. The van der Waals surface area contributed by atoms with Crippen molar-refractivity contribution >= 4 is 32.8 Å². The predicted octanol–water partition coefficient (Wildman–Crippen LogP) is 1.88. The second kappa shape index (κ2) is 7.19. The standard InChI is InChI=1S/C16H20N6OS2/c1-2-3-13-18-19-16(25-13)21-6-4-20(5-7-21)11-12-10-14(23)22-8-9-24-15(22)17-12/h8-10H,2-7,11H2,1H3. The van der Waals surface area contributed by atoms with Gasteiger partial charge in [0, 0.05) is 56.8 Å². The van der Waals surface area contributed by atoms with E-state index in [1.807, 2.05) is 5.38 Å². The second-order valence-corrected chi connectivity index (χ2v) is 8.05. The molecule has 3 aromatic heterocycles. The Morgan fingerprint density at radius 3 is 2.84 bits per heavy atom. The van der Waals surface area contributed by atoms with Gasteiger partial charge in [-0.25, -0.2) is 4.98 Å². The van der Waals surface area contributed by atoms with Crippen LogP contribution in [0.2, 0.25) is 0 Å². The Balaban J connectivity index is 1.38. The Morgan fingerprint density at radius 1 is 1.20 bits per heavy atom. The van der Waals surface area contributed by atoms with Crippen LogP contribution in [0.15, 0.2) is 22.4 Å². The number of rotatable bonds is 5. The van der Waals surface area contributed by atoms with Crippen LogP contribution in [0.1, 0.15) is 24.0 Å². The molecule has 7 nitrogen and oxygen atoms in total. The van der Waals surface area contributed by atoms with E-state index in [4.69, 9.17) is 0 Å². The Hall–Kier alpha value is -1.84. The zero-order chi connectivity index (χ0) is 17.2. The van der Waals surface area contributed by atoms with Gasteiger partial charge in [-0.15, -0.1) is 21.5 Å². The summed E-state index contributed by atoms with van der Waals surface area (Å²) in [4.78, 5) is 22.1. The Labute approximate surface area is 153 Å². The van der Waals surface area contributed by atoms with Crippen LogP contribution in [0.4, 0.5) is 5.13 Å². The maximum absolute atomic E-state index is 12.1. The van der Waals surface area contributed by atoms with Crippen LogP contribution >= 0.6 is 22.7 Å². The highest BCUT2D eigenvalue weighted by molar-refractivity contribution is 7.15. The van der Waals surface area contributed by atoms with Gasteiger partial charge in [0.1, 0.15) is 5.01 Å². The maximum Gasteiger partial charge on any atom is 0.258 e. The molecule has 4 rings (SSSR count). The summed E-state index contributed by atoms with van der Waals surface area (Å²) in [6, 6.07) is 1.65. The van der Waals surface area contributed by atoms with Gasteiger partial charge in [-0.2, -0.15) is 0 Å². The molecule has 0 saturated carbocycles. The summed E-state index contributed by atoms with van der Waals surface area (Å²) in [5.41, 5.74) is 0.847. The van der Waals surface area contributed by atoms with Crippen molar-refractivity contribution in [2.45, 2.75) is 26.3 Å². The third kappa shape index (κ3) is 3.58. The largest absolute Gasteiger partial charge is 0.344 e. The third-order valence-corrected chi connectivity index (χ3v) is 6.11. The molecule has 0 unspecified atom stereocenters. The molecular formula is C16H20N6OS2. The number of hydrogen-bond acceptors (Lipinski definition) is 8. The molecule has 0 atom stereocenters. The van der Waals surface area contributed by atoms with Gasteiger partial charge in [-0.05, 0) is 6.42 Å². The van der Waals surface area contributed by atoms with E-state index in [0.29, 0.717) is 6.54 Å². The van der Waals surface area contributed by atoms with Crippen molar-refractivity contribution < 1.29 is 0 Å². The molecule has 0 aliphatic carbocycles. The fraction of sp³-hybridized carbons (Fsp3) is 0.500. The lowest BCUT2D eigenvalue weighted by Gasteiger charge is -2.34. The predicted molar refractivity (Wildman–Crippen MR) is 101 cm³/mol.